The SMILES string of the molecule is CN(CC(=O)N(CC1CC2C=CC1C2)c1ccc(C(=O)O)c(OCc2ccccc2)c1Cc1ccccc1)S(=O)(=O)c1c(F)c(F)c(F)c(F)c1F. The molecule has 2 aliphatic rings. The summed E-state index contributed by atoms with van der Waals surface area (Å²) in [6.45, 7) is -1.04. The second-order valence-corrected chi connectivity index (χ2v) is 14.9. The summed E-state index contributed by atoms with van der Waals surface area (Å²) < 4.78 is 104. The first kappa shape index (κ1) is 36.7. The van der Waals surface area contributed by atoms with Crippen LogP contribution >= 0.6 is 0 Å². The average molecular weight is 741 g/mol. The molecule has 3 atom stereocenters. The third kappa shape index (κ3) is 7.17. The Balaban J connectivity index is 1.45. The van der Waals surface area contributed by atoms with E-state index in [0.717, 1.165) is 24.6 Å². The fourth-order valence-electron chi connectivity index (χ4n) is 6.91. The lowest BCUT2D eigenvalue weighted by molar-refractivity contribution is -0.118. The number of hydrogen-bond donors (Lipinski definition) is 1. The Morgan fingerprint density at radius 2 is 1.40 bits per heavy atom. The molecule has 0 spiro atoms. The zero-order valence-electron chi connectivity index (χ0n) is 27.7. The summed E-state index contributed by atoms with van der Waals surface area (Å²) in [6.07, 6.45) is 5.79. The minimum Gasteiger partial charge on any atom is -0.488 e. The van der Waals surface area contributed by atoms with Gasteiger partial charge in [0.25, 0.3) is 0 Å². The largest absolute Gasteiger partial charge is 0.488 e. The fourth-order valence-corrected chi connectivity index (χ4v) is 8.13. The standard InChI is InChI=1S/C38H33F5N2O6S/c1-44(52(49,50)37-34(42)32(40)31(39)33(41)35(37)43)20-30(46)45(19-26-17-24-12-13-25(26)16-24)29-15-14-27(38(47)48)36(51-21-23-10-6-3-7-11-23)28(29)18-22-8-4-2-5-9-22/h2-15,24-26H,16-21H2,1H3,(H,47,48). The molecular weight excluding hydrogens is 707 g/mol. The van der Waals surface area contributed by atoms with E-state index in [4.69, 9.17) is 4.74 Å². The van der Waals surface area contributed by atoms with Crippen LogP contribution in [-0.4, -0.2) is 49.8 Å². The minimum absolute atomic E-state index is 0.0225. The highest BCUT2D eigenvalue weighted by atomic mass is 32.2. The van der Waals surface area contributed by atoms with Gasteiger partial charge in [0, 0.05) is 25.6 Å². The van der Waals surface area contributed by atoms with Crippen LogP contribution in [0.4, 0.5) is 27.6 Å². The number of benzene rings is 4. The van der Waals surface area contributed by atoms with Crippen LogP contribution in [0.25, 0.3) is 0 Å². The van der Waals surface area contributed by atoms with Gasteiger partial charge in [0.15, 0.2) is 28.2 Å². The number of carbonyl (C=O) groups excluding carboxylic acids is 1. The summed E-state index contributed by atoms with van der Waals surface area (Å²) >= 11 is 0. The quantitative estimate of drug-likeness (QED) is 0.0678. The maximum Gasteiger partial charge on any atom is 0.339 e. The van der Waals surface area contributed by atoms with Gasteiger partial charge in [0.1, 0.15) is 17.9 Å². The highest BCUT2D eigenvalue weighted by molar-refractivity contribution is 7.89. The highest BCUT2D eigenvalue weighted by Crippen LogP contribution is 2.45. The van der Waals surface area contributed by atoms with Gasteiger partial charge in [-0.3, -0.25) is 4.79 Å². The molecule has 1 fully saturated rings. The maximum atomic E-state index is 14.7. The number of anilines is 1. The number of carboxylic acid groups (broad SMARTS) is 1. The predicted molar refractivity (Wildman–Crippen MR) is 181 cm³/mol. The van der Waals surface area contributed by atoms with Crippen LogP contribution in [-0.2, 0) is 27.8 Å². The Morgan fingerprint density at radius 3 is 1.96 bits per heavy atom. The van der Waals surface area contributed by atoms with Gasteiger partial charge in [0.2, 0.25) is 21.7 Å². The second-order valence-electron chi connectivity index (χ2n) is 12.9. The van der Waals surface area contributed by atoms with Gasteiger partial charge >= 0.3 is 5.97 Å². The van der Waals surface area contributed by atoms with E-state index in [-0.39, 0.29) is 58.6 Å². The van der Waals surface area contributed by atoms with Gasteiger partial charge in [-0.1, -0.05) is 72.8 Å². The maximum absolute atomic E-state index is 14.7. The lowest BCUT2D eigenvalue weighted by atomic mass is 9.92. The van der Waals surface area contributed by atoms with E-state index in [1.165, 1.54) is 17.0 Å². The number of sulfonamides is 1. The molecule has 2 aliphatic carbocycles. The number of ether oxygens (including phenoxy) is 1. The number of carbonyl (C=O) groups is 2. The van der Waals surface area contributed by atoms with Crippen molar-refractivity contribution < 1.29 is 49.8 Å². The normalized spacial score (nSPS) is 17.9. The lowest BCUT2D eigenvalue weighted by Gasteiger charge is -2.32. The van der Waals surface area contributed by atoms with E-state index in [9.17, 15) is 45.1 Å². The number of carboxylic acids is 1. The van der Waals surface area contributed by atoms with Crippen molar-refractivity contribution in [3.63, 3.8) is 0 Å². The van der Waals surface area contributed by atoms with Crippen molar-refractivity contribution in [2.24, 2.45) is 17.8 Å². The van der Waals surface area contributed by atoms with E-state index in [0.29, 0.717) is 12.0 Å². The summed E-state index contributed by atoms with van der Waals surface area (Å²) in [4.78, 5) is 26.1. The summed E-state index contributed by atoms with van der Waals surface area (Å²) in [5.74, 6) is -14.5. The van der Waals surface area contributed by atoms with E-state index >= 15 is 0 Å². The van der Waals surface area contributed by atoms with E-state index < -0.39 is 62.4 Å². The van der Waals surface area contributed by atoms with Crippen molar-refractivity contribution in [2.75, 3.05) is 25.0 Å². The molecular formula is C38H33F5N2O6S. The Morgan fingerprint density at radius 1 is 0.808 bits per heavy atom. The molecule has 6 rings (SSSR count). The average Bonchev–Trinajstić information content (AvgIpc) is 3.76. The topological polar surface area (TPSA) is 104 Å². The molecule has 0 aliphatic heterocycles. The molecule has 14 heteroatoms. The number of allylic oxidation sites excluding steroid dienone is 2. The third-order valence-electron chi connectivity index (χ3n) is 9.54. The molecule has 0 aromatic heterocycles. The molecule has 1 saturated carbocycles. The van der Waals surface area contributed by atoms with Crippen molar-refractivity contribution >= 4 is 27.6 Å². The molecule has 8 nitrogen and oxygen atoms in total. The molecule has 4 aromatic carbocycles. The number of halogens is 5. The van der Waals surface area contributed by atoms with Crippen molar-refractivity contribution in [1.82, 2.24) is 4.31 Å². The van der Waals surface area contributed by atoms with Gasteiger partial charge in [-0.2, -0.15) is 4.31 Å². The molecule has 3 unspecified atom stereocenters. The van der Waals surface area contributed by atoms with E-state index in [1.807, 2.05) is 12.1 Å². The van der Waals surface area contributed by atoms with Crippen LogP contribution in [0.15, 0.2) is 89.8 Å². The Labute approximate surface area is 296 Å². The van der Waals surface area contributed by atoms with Gasteiger partial charge in [-0.15, -0.1) is 0 Å². The van der Waals surface area contributed by atoms with Gasteiger partial charge < -0.3 is 14.7 Å². The van der Waals surface area contributed by atoms with Crippen LogP contribution in [0.2, 0.25) is 0 Å². The molecule has 52 heavy (non-hydrogen) atoms. The van der Waals surface area contributed by atoms with E-state index in [1.54, 1.807) is 54.6 Å². The van der Waals surface area contributed by atoms with Gasteiger partial charge in [-0.25, -0.2) is 35.2 Å². The first-order chi connectivity index (χ1) is 24.8. The third-order valence-corrected chi connectivity index (χ3v) is 11.4. The zero-order chi connectivity index (χ0) is 37.3. The Bertz CT molecular complexity index is 2120. The number of fused-ring (bicyclic) bond motifs is 2. The van der Waals surface area contributed by atoms with Crippen LogP contribution in [0.5, 0.6) is 5.75 Å². The molecule has 4 aromatic rings. The van der Waals surface area contributed by atoms with Crippen LogP contribution in [0, 0.1) is 46.8 Å². The summed E-state index contributed by atoms with van der Waals surface area (Å²) in [5, 5.41) is 10.2. The molecule has 1 N–H and O–H groups in total. The lowest BCUT2D eigenvalue weighted by Crippen LogP contribution is -2.44. The summed E-state index contributed by atoms with van der Waals surface area (Å²) in [6, 6.07) is 20.6. The van der Waals surface area contributed by atoms with Crippen LogP contribution < -0.4 is 9.64 Å². The molecule has 1 amide bonds. The number of nitrogens with zero attached hydrogens (tertiary/aromatic N) is 2. The molecule has 272 valence electrons. The predicted octanol–water partition coefficient (Wildman–Crippen LogP) is 7.12. The van der Waals surface area contributed by atoms with Crippen molar-refractivity contribution in [2.45, 2.75) is 30.8 Å². The van der Waals surface area contributed by atoms with Crippen molar-refractivity contribution in [3.05, 3.63) is 136 Å². The molecule has 0 saturated heterocycles. The number of likely N-dealkylation sites (N-methyl/N-ethyl adjacent to an activating group) is 1. The van der Waals surface area contributed by atoms with E-state index in [2.05, 4.69) is 6.08 Å². The molecule has 2 bridgehead atoms. The number of aromatic carboxylic acids is 1. The molecule has 0 radical (unpaired) electrons. The zero-order valence-corrected chi connectivity index (χ0v) is 28.6. The molecule has 0 heterocycles. The number of amides is 1. The van der Waals surface area contributed by atoms with Gasteiger partial charge in [-0.05, 0) is 53.9 Å². The van der Waals surface area contributed by atoms with Crippen LogP contribution in [0.3, 0.4) is 0 Å². The Hall–Kier alpha value is -5.08. The van der Waals surface area contributed by atoms with Crippen molar-refractivity contribution in [3.8, 4) is 5.75 Å². The fraction of sp³-hybridized carbons (Fsp3) is 0.263. The Kier molecular flexibility index (Phi) is 10.5. The first-order valence-corrected chi connectivity index (χ1v) is 17.8. The first-order valence-electron chi connectivity index (χ1n) is 16.3. The number of rotatable bonds is 13. The summed E-state index contributed by atoms with van der Waals surface area (Å²) in [7, 11) is -4.67. The van der Waals surface area contributed by atoms with Gasteiger partial charge in [0.05, 0.1) is 12.2 Å². The van der Waals surface area contributed by atoms with Crippen LogP contribution in [0.1, 0.15) is 39.9 Å². The summed E-state index contributed by atoms with van der Waals surface area (Å²) in [5.41, 5.74) is 1.79. The monoisotopic (exact) mass is 740 g/mol. The highest BCUT2D eigenvalue weighted by Gasteiger charge is 2.40. The van der Waals surface area contributed by atoms with Crippen molar-refractivity contribution in [1.29, 1.82) is 0 Å². The smallest absolute Gasteiger partial charge is 0.339 e. The minimum atomic E-state index is -5.46. The number of hydrogen-bond acceptors (Lipinski definition) is 5. The second kappa shape index (κ2) is 14.9.